The average Bonchev–Trinajstić information content (AvgIpc) is 3.02. The van der Waals surface area contributed by atoms with Gasteiger partial charge in [-0.15, -0.1) is 11.8 Å². The second kappa shape index (κ2) is 8.54. The molecule has 1 fully saturated rings. The molecular formula is C21H26N2OS. The quantitative estimate of drug-likeness (QED) is 0.801. The number of amides is 1. The second-order valence-electron chi connectivity index (χ2n) is 6.83. The highest BCUT2D eigenvalue weighted by Gasteiger charge is 2.23. The highest BCUT2D eigenvalue weighted by molar-refractivity contribution is 8.00. The molecule has 1 amide bonds. The molecule has 0 aromatic heterocycles. The Labute approximate surface area is 154 Å². The van der Waals surface area contributed by atoms with Gasteiger partial charge < -0.3 is 5.32 Å². The van der Waals surface area contributed by atoms with Crippen molar-refractivity contribution in [3.8, 4) is 0 Å². The molecule has 1 aliphatic heterocycles. The molecule has 2 aromatic rings. The van der Waals surface area contributed by atoms with Gasteiger partial charge in [-0.25, -0.2) is 0 Å². The number of benzene rings is 2. The van der Waals surface area contributed by atoms with Crippen LogP contribution in [0.3, 0.4) is 0 Å². The summed E-state index contributed by atoms with van der Waals surface area (Å²) in [6.07, 6.45) is 1.03. The molecule has 0 unspecified atom stereocenters. The van der Waals surface area contributed by atoms with Gasteiger partial charge in [0.15, 0.2) is 0 Å². The summed E-state index contributed by atoms with van der Waals surface area (Å²) >= 11 is 1.62. The van der Waals surface area contributed by atoms with E-state index in [-0.39, 0.29) is 11.9 Å². The lowest BCUT2D eigenvalue weighted by atomic mass is 10.2. The Balaban J connectivity index is 1.43. The molecule has 0 bridgehead atoms. The van der Waals surface area contributed by atoms with Crippen LogP contribution in [-0.4, -0.2) is 35.7 Å². The van der Waals surface area contributed by atoms with Gasteiger partial charge in [0.2, 0.25) is 5.91 Å². The molecule has 2 aromatic carbocycles. The van der Waals surface area contributed by atoms with Crippen LogP contribution in [0.1, 0.15) is 23.1 Å². The van der Waals surface area contributed by atoms with Crippen molar-refractivity contribution < 1.29 is 4.79 Å². The van der Waals surface area contributed by atoms with Crippen LogP contribution in [-0.2, 0) is 11.3 Å². The minimum atomic E-state index is 0.136. The van der Waals surface area contributed by atoms with Gasteiger partial charge in [0.25, 0.3) is 0 Å². The average molecular weight is 355 g/mol. The second-order valence-corrected chi connectivity index (χ2v) is 7.85. The van der Waals surface area contributed by atoms with Crippen molar-refractivity contribution in [3.05, 3.63) is 65.2 Å². The van der Waals surface area contributed by atoms with E-state index in [4.69, 9.17) is 0 Å². The van der Waals surface area contributed by atoms with Gasteiger partial charge in [-0.05, 0) is 37.5 Å². The number of hydrogen-bond donors (Lipinski definition) is 1. The number of rotatable bonds is 6. The minimum absolute atomic E-state index is 0.136. The summed E-state index contributed by atoms with van der Waals surface area (Å²) < 4.78 is 0. The summed E-state index contributed by atoms with van der Waals surface area (Å²) in [5.74, 6) is 0.621. The van der Waals surface area contributed by atoms with Crippen LogP contribution in [0.4, 0.5) is 0 Å². The number of thioether (sulfide) groups is 1. The maximum absolute atomic E-state index is 12.3. The number of hydrogen-bond acceptors (Lipinski definition) is 3. The zero-order valence-electron chi connectivity index (χ0n) is 15.0. The number of carbonyl (C=O) groups excluding carboxylic acids is 1. The fourth-order valence-electron chi connectivity index (χ4n) is 3.31. The van der Waals surface area contributed by atoms with Gasteiger partial charge in [0.1, 0.15) is 0 Å². The molecule has 25 heavy (non-hydrogen) atoms. The third kappa shape index (κ3) is 5.35. The Morgan fingerprint density at radius 1 is 1.20 bits per heavy atom. The molecular weight excluding hydrogens is 328 g/mol. The number of aryl methyl sites for hydroxylation is 2. The Hall–Kier alpha value is -1.78. The van der Waals surface area contributed by atoms with Crippen LogP contribution in [0, 0.1) is 13.8 Å². The van der Waals surface area contributed by atoms with Crippen LogP contribution in [0.25, 0.3) is 0 Å². The molecule has 3 nitrogen and oxygen atoms in total. The first-order valence-electron chi connectivity index (χ1n) is 8.86. The van der Waals surface area contributed by atoms with Crippen LogP contribution in [0.5, 0.6) is 0 Å². The molecule has 1 atom stereocenters. The lowest BCUT2D eigenvalue weighted by molar-refractivity contribution is -0.119. The van der Waals surface area contributed by atoms with Gasteiger partial charge in [-0.1, -0.05) is 48.0 Å². The SMILES string of the molecule is Cc1ccc(SCC(=O)N[C@H]2CCN(Cc3ccccc3)C2)c(C)c1. The maximum atomic E-state index is 12.3. The molecule has 0 spiro atoms. The van der Waals surface area contributed by atoms with Gasteiger partial charge in [0.05, 0.1) is 5.75 Å². The summed E-state index contributed by atoms with van der Waals surface area (Å²) in [4.78, 5) is 15.9. The first-order chi connectivity index (χ1) is 12.1. The first kappa shape index (κ1) is 18.0. The van der Waals surface area contributed by atoms with E-state index in [1.54, 1.807) is 11.8 Å². The van der Waals surface area contributed by atoms with E-state index in [1.807, 2.05) is 6.07 Å². The van der Waals surface area contributed by atoms with Crippen LogP contribution < -0.4 is 5.32 Å². The van der Waals surface area contributed by atoms with Crippen LogP contribution >= 0.6 is 11.8 Å². The predicted octanol–water partition coefficient (Wildman–Crippen LogP) is 3.79. The van der Waals surface area contributed by atoms with Crippen molar-refractivity contribution >= 4 is 17.7 Å². The summed E-state index contributed by atoms with van der Waals surface area (Å²) in [6, 6.07) is 17.2. The Bertz CT molecular complexity index is 717. The highest BCUT2D eigenvalue weighted by atomic mass is 32.2. The smallest absolute Gasteiger partial charge is 0.230 e. The molecule has 0 aliphatic carbocycles. The van der Waals surface area contributed by atoms with Crippen molar-refractivity contribution in [2.24, 2.45) is 0 Å². The molecule has 4 heteroatoms. The van der Waals surface area contributed by atoms with Crippen LogP contribution in [0.2, 0.25) is 0 Å². The lowest BCUT2D eigenvalue weighted by Crippen LogP contribution is -2.37. The third-order valence-corrected chi connectivity index (χ3v) is 5.75. The largest absolute Gasteiger partial charge is 0.351 e. The Morgan fingerprint density at radius 2 is 2.00 bits per heavy atom. The van der Waals surface area contributed by atoms with E-state index in [0.29, 0.717) is 5.75 Å². The van der Waals surface area contributed by atoms with Crippen LogP contribution in [0.15, 0.2) is 53.4 Å². The number of nitrogens with one attached hydrogen (secondary N) is 1. The lowest BCUT2D eigenvalue weighted by Gasteiger charge is -2.17. The molecule has 3 rings (SSSR count). The van der Waals surface area contributed by atoms with Crippen molar-refractivity contribution in [1.29, 1.82) is 0 Å². The minimum Gasteiger partial charge on any atom is -0.351 e. The number of nitrogens with zero attached hydrogens (tertiary/aromatic N) is 1. The molecule has 132 valence electrons. The Morgan fingerprint density at radius 3 is 2.76 bits per heavy atom. The molecule has 1 saturated heterocycles. The van der Waals surface area contributed by atoms with E-state index in [0.717, 1.165) is 26.1 Å². The summed E-state index contributed by atoms with van der Waals surface area (Å²) in [5, 5.41) is 3.19. The van der Waals surface area contributed by atoms with Crippen molar-refractivity contribution in [2.75, 3.05) is 18.8 Å². The Kier molecular flexibility index (Phi) is 6.16. The van der Waals surface area contributed by atoms with E-state index >= 15 is 0 Å². The third-order valence-electron chi connectivity index (χ3n) is 4.58. The van der Waals surface area contributed by atoms with E-state index < -0.39 is 0 Å². The molecule has 1 N–H and O–H groups in total. The van der Waals surface area contributed by atoms with Crippen molar-refractivity contribution in [3.63, 3.8) is 0 Å². The first-order valence-corrected chi connectivity index (χ1v) is 9.84. The van der Waals surface area contributed by atoms with Gasteiger partial charge in [-0.3, -0.25) is 9.69 Å². The number of carbonyl (C=O) groups is 1. The van der Waals surface area contributed by atoms with E-state index in [1.165, 1.54) is 21.6 Å². The number of likely N-dealkylation sites (tertiary alicyclic amines) is 1. The zero-order chi connectivity index (χ0) is 17.6. The fraction of sp³-hybridized carbons (Fsp3) is 0.381. The van der Waals surface area contributed by atoms with E-state index in [9.17, 15) is 4.79 Å². The van der Waals surface area contributed by atoms with Gasteiger partial charge in [-0.2, -0.15) is 0 Å². The fourth-order valence-corrected chi connectivity index (χ4v) is 4.13. The highest BCUT2D eigenvalue weighted by Crippen LogP contribution is 2.23. The normalized spacial score (nSPS) is 17.6. The predicted molar refractivity (Wildman–Crippen MR) is 105 cm³/mol. The zero-order valence-corrected chi connectivity index (χ0v) is 15.8. The maximum Gasteiger partial charge on any atom is 0.230 e. The summed E-state index contributed by atoms with van der Waals surface area (Å²) in [5.41, 5.74) is 3.84. The van der Waals surface area contributed by atoms with Gasteiger partial charge in [0, 0.05) is 30.6 Å². The monoisotopic (exact) mass is 354 g/mol. The molecule has 1 aliphatic rings. The van der Waals surface area contributed by atoms with Crippen molar-refractivity contribution in [1.82, 2.24) is 10.2 Å². The standard InChI is InChI=1S/C21H26N2OS/c1-16-8-9-20(17(2)12-16)25-15-21(24)22-19-10-11-23(14-19)13-18-6-4-3-5-7-18/h3-9,12,19H,10-11,13-15H2,1-2H3,(H,22,24)/t19-/m0/s1. The molecule has 0 saturated carbocycles. The van der Waals surface area contributed by atoms with E-state index in [2.05, 4.69) is 66.5 Å². The topological polar surface area (TPSA) is 32.3 Å². The van der Waals surface area contributed by atoms with Crippen molar-refractivity contribution in [2.45, 2.75) is 37.8 Å². The molecule has 0 radical (unpaired) electrons. The summed E-state index contributed by atoms with van der Waals surface area (Å²) in [6.45, 7) is 7.14. The summed E-state index contributed by atoms with van der Waals surface area (Å²) in [7, 11) is 0. The molecule has 1 heterocycles. The van der Waals surface area contributed by atoms with Gasteiger partial charge >= 0.3 is 0 Å².